The molecule has 1 amide bonds. The molecule has 7 heteroatoms. The first-order valence-corrected chi connectivity index (χ1v) is 13.9. The second kappa shape index (κ2) is 10.6. The van der Waals surface area contributed by atoms with Crippen molar-refractivity contribution in [1.82, 2.24) is 14.5 Å². The first-order valence-electron chi connectivity index (χ1n) is 12.1. The third-order valence-corrected chi connectivity index (χ3v) is 8.49. The predicted octanol–water partition coefficient (Wildman–Crippen LogP) is 6.30. The van der Waals surface area contributed by atoms with Gasteiger partial charge in [0.25, 0.3) is 11.5 Å². The van der Waals surface area contributed by atoms with Crippen molar-refractivity contribution in [1.29, 1.82) is 0 Å². The molecule has 0 saturated carbocycles. The van der Waals surface area contributed by atoms with E-state index in [1.54, 1.807) is 35.3 Å². The molecule has 0 bridgehead atoms. The van der Waals surface area contributed by atoms with E-state index in [1.165, 1.54) is 28.0 Å². The number of amides is 1. The molecule has 0 aliphatic carbocycles. The van der Waals surface area contributed by atoms with E-state index in [-0.39, 0.29) is 16.9 Å². The van der Waals surface area contributed by atoms with Crippen molar-refractivity contribution < 1.29 is 4.79 Å². The summed E-state index contributed by atoms with van der Waals surface area (Å²) in [6.45, 7) is 9.01. The minimum absolute atomic E-state index is 0.0759. The minimum Gasteiger partial charge on any atom is -0.344 e. The molecule has 0 aliphatic rings. The van der Waals surface area contributed by atoms with Crippen LogP contribution in [0.15, 0.2) is 64.5 Å². The number of thioether (sulfide) groups is 1. The lowest BCUT2D eigenvalue weighted by atomic mass is 9.87. The number of benzene rings is 2. The Balaban J connectivity index is 1.71. The molecular formula is C29H33N3O2S2. The quantitative estimate of drug-likeness (QED) is 0.212. The van der Waals surface area contributed by atoms with Crippen LogP contribution in [0.25, 0.3) is 10.2 Å². The summed E-state index contributed by atoms with van der Waals surface area (Å²) < 4.78 is 1.78. The van der Waals surface area contributed by atoms with E-state index >= 15 is 0 Å². The third kappa shape index (κ3) is 5.57. The zero-order chi connectivity index (χ0) is 26.0. The average Bonchev–Trinajstić information content (AvgIpc) is 3.18. The Labute approximate surface area is 221 Å². The van der Waals surface area contributed by atoms with E-state index in [9.17, 15) is 9.59 Å². The molecule has 0 fully saturated rings. The van der Waals surface area contributed by atoms with E-state index in [4.69, 9.17) is 4.98 Å². The zero-order valence-electron chi connectivity index (χ0n) is 21.8. The molecule has 0 aliphatic heterocycles. The molecule has 2 aromatic heterocycles. The summed E-state index contributed by atoms with van der Waals surface area (Å²) in [7, 11) is 3.45. The summed E-state index contributed by atoms with van der Waals surface area (Å²) in [6.07, 6.45) is 0.731. The van der Waals surface area contributed by atoms with Crippen LogP contribution in [0, 0.1) is 6.92 Å². The molecule has 0 atom stereocenters. The molecule has 2 heterocycles. The highest BCUT2D eigenvalue weighted by atomic mass is 32.2. The molecule has 188 valence electrons. The molecular weight excluding hydrogens is 486 g/mol. The number of hydrogen-bond donors (Lipinski definition) is 0. The second-order valence-electron chi connectivity index (χ2n) is 10.3. The molecule has 0 saturated heterocycles. The maximum Gasteiger partial charge on any atom is 0.263 e. The number of carbonyl (C=O) groups excluding carboxylic acids is 1. The van der Waals surface area contributed by atoms with Gasteiger partial charge in [0.1, 0.15) is 4.83 Å². The molecule has 5 nitrogen and oxygen atoms in total. The van der Waals surface area contributed by atoms with E-state index in [1.807, 2.05) is 25.1 Å². The normalized spacial score (nSPS) is 11.7. The monoisotopic (exact) mass is 519 g/mol. The first-order chi connectivity index (χ1) is 17.1. The fourth-order valence-corrected chi connectivity index (χ4v) is 6.27. The van der Waals surface area contributed by atoms with Gasteiger partial charge in [0.2, 0.25) is 0 Å². The summed E-state index contributed by atoms with van der Waals surface area (Å²) in [6, 6.07) is 18.8. The summed E-state index contributed by atoms with van der Waals surface area (Å²) in [5.41, 5.74) is 4.39. The van der Waals surface area contributed by atoms with Crippen LogP contribution in [-0.2, 0) is 24.1 Å². The highest BCUT2D eigenvalue weighted by molar-refractivity contribution is 7.98. The Morgan fingerprint density at radius 3 is 2.31 bits per heavy atom. The lowest BCUT2D eigenvalue weighted by Gasteiger charge is -2.19. The highest BCUT2D eigenvalue weighted by Gasteiger charge is 2.23. The number of hydrogen-bond acceptors (Lipinski definition) is 5. The Bertz CT molecular complexity index is 1430. The predicted molar refractivity (Wildman–Crippen MR) is 151 cm³/mol. The highest BCUT2D eigenvalue weighted by Crippen LogP contribution is 2.31. The lowest BCUT2D eigenvalue weighted by molar-refractivity contribution is 0.0831. The number of carbonyl (C=O) groups is 1. The Kier molecular flexibility index (Phi) is 7.71. The smallest absolute Gasteiger partial charge is 0.263 e. The van der Waals surface area contributed by atoms with Gasteiger partial charge in [-0.05, 0) is 41.0 Å². The van der Waals surface area contributed by atoms with Crippen molar-refractivity contribution in [2.45, 2.75) is 57.0 Å². The van der Waals surface area contributed by atoms with Crippen molar-refractivity contribution in [3.8, 4) is 0 Å². The van der Waals surface area contributed by atoms with Crippen molar-refractivity contribution in [3.05, 3.63) is 92.1 Å². The topological polar surface area (TPSA) is 55.2 Å². The van der Waals surface area contributed by atoms with Crippen LogP contribution in [0.1, 0.15) is 52.7 Å². The SMILES string of the molecule is Cc1c(C(=O)N(C)C)sc2nc(SCc3ccc(C(C)(C)C)cc3)n(CCc3ccccc3)c(=O)c12. The minimum atomic E-state index is -0.0983. The number of aryl methyl sites for hydroxylation is 2. The van der Waals surface area contributed by atoms with Gasteiger partial charge >= 0.3 is 0 Å². The van der Waals surface area contributed by atoms with Gasteiger partial charge < -0.3 is 4.90 Å². The van der Waals surface area contributed by atoms with Crippen LogP contribution in [0.4, 0.5) is 0 Å². The summed E-state index contributed by atoms with van der Waals surface area (Å²) in [5.74, 6) is 0.612. The number of nitrogens with zero attached hydrogens (tertiary/aromatic N) is 3. The van der Waals surface area contributed by atoms with E-state index in [2.05, 4.69) is 57.2 Å². The van der Waals surface area contributed by atoms with Crippen molar-refractivity contribution in [3.63, 3.8) is 0 Å². The largest absolute Gasteiger partial charge is 0.344 e. The van der Waals surface area contributed by atoms with Crippen LogP contribution in [0.5, 0.6) is 0 Å². The molecule has 0 N–H and O–H groups in total. The molecule has 0 spiro atoms. The number of aromatic nitrogens is 2. The molecule has 36 heavy (non-hydrogen) atoms. The van der Waals surface area contributed by atoms with Gasteiger partial charge in [-0.15, -0.1) is 11.3 Å². The van der Waals surface area contributed by atoms with Crippen LogP contribution in [-0.4, -0.2) is 34.5 Å². The van der Waals surface area contributed by atoms with Crippen LogP contribution >= 0.6 is 23.1 Å². The third-order valence-electron chi connectivity index (χ3n) is 6.27. The Morgan fingerprint density at radius 1 is 1.03 bits per heavy atom. The lowest BCUT2D eigenvalue weighted by Crippen LogP contribution is -2.25. The fourth-order valence-electron chi connectivity index (χ4n) is 4.05. The van der Waals surface area contributed by atoms with Gasteiger partial charge in [0, 0.05) is 26.4 Å². The number of rotatable bonds is 7. The van der Waals surface area contributed by atoms with Gasteiger partial charge in [-0.1, -0.05) is 87.1 Å². The van der Waals surface area contributed by atoms with Crippen molar-refractivity contribution in [2.24, 2.45) is 0 Å². The summed E-state index contributed by atoms with van der Waals surface area (Å²) >= 11 is 2.88. The van der Waals surface area contributed by atoms with Crippen LogP contribution in [0.3, 0.4) is 0 Å². The van der Waals surface area contributed by atoms with Crippen LogP contribution < -0.4 is 5.56 Å². The van der Waals surface area contributed by atoms with Gasteiger partial charge in [-0.25, -0.2) is 4.98 Å². The van der Waals surface area contributed by atoms with E-state index < -0.39 is 0 Å². The number of thiophene rings is 1. The fraction of sp³-hybridized carbons (Fsp3) is 0.345. The van der Waals surface area contributed by atoms with Crippen LogP contribution in [0.2, 0.25) is 0 Å². The molecule has 0 unspecified atom stereocenters. The summed E-state index contributed by atoms with van der Waals surface area (Å²) in [4.78, 5) is 34.2. The van der Waals surface area contributed by atoms with Crippen molar-refractivity contribution in [2.75, 3.05) is 14.1 Å². The number of fused-ring (bicyclic) bond motifs is 1. The van der Waals surface area contributed by atoms with E-state index in [0.717, 1.165) is 6.42 Å². The molecule has 4 rings (SSSR count). The first kappa shape index (κ1) is 26.2. The molecule has 4 aromatic rings. The Hall–Kier alpha value is -2.90. The molecule has 2 aromatic carbocycles. The standard InChI is InChI=1S/C29H33N3O2S2/c1-19-23-25(36-24(19)27(34)31(5)6)30-28(32(26(23)33)17-16-20-10-8-7-9-11-20)35-18-21-12-14-22(15-13-21)29(2,3)4/h7-15H,16-18H2,1-6H3. The maximum absolute atomic E-state index is 13.8. The van der Waals surface area contributed by atoms with Gasteiger partial charge in [-0.3, -0.25) is 14.2 Å². The van der Waals surface area contributed by atoms with Crippen molar-refractivity contribution >= 4 is 39.2 Å². The second-order valence-corrected chi connectivity index (χ2v) is 12.2. The Morgan fingerprint density at radius 2 is 1.69 bits per heavy atom. The van der Waals surface area contributed by atoms with Gasteiger partial charge in [-0.2, -0.15) is 0 Å². The van der Waals surface area contributed by atoms with Gasteiger partial charge in [0.05, 0.1) is 10.3 Å². The average molecular weight is 520 g/mol. The maximum atomic E-state index is 13.8. The zero-order valence-corrected chi connectivity index (χ0v) is 23.4. The van der Waals surface area contributed by atoms with Gasteiger partial charge in [0.15, 0.2) is 5.16 Å². The summed E-state index contributed by atoms with van der Waals surface area (Å²) in [5, 5.41) is 1.24. The van der Waals surface area contributed by atoms with E-state index in [0.29, 0.717) is 38.1 Å². The molecule has 0 radical (unpaired) electrons.